The number of halogens is 1. The van der Waals surface area contributed by atoms with Gasteiger partial charge >= 0.3 is 32.0 Å². The Labute approximate surface area is 105 Å². The van der Waals surface area contributed by atoms with Crippen LogP contribution in [0, 0.1) is 5.92 Å². The van der Waals surface area contributed by atoms with E-state index in [0.29, 0.717) is 0 Å². The van der Waals surface area contributed by atoms with E-state index in [2.05, 4.69) is 12.2 Å². The van der Waals surface area contributed by atoms with Gasteiger partial charge in [-0.2, -0.15) is 0 Å². The molecule has 1 saturated carbocycles. The summed E-state index contributed by atoms with van der Waals surface area (Å²) < 4.78 is 0. The number of allylic oxidation sites excluding steroid dienone is 2. The number of hydrogen-bond donors (Lipinski definition) is 1. The first kappa shape index (κ1) is 12.7. The Kier molecular flexibility index (Phi) is 5.66. The molecule has 0 saturated heterocycles. The fourth-order valence-corrected chi connectivity index (χ4v) is 2.29. The van der Waals surface area contributed by atoms with Crippen molar-refractivity contribution in [3.8, 4) is 0 Å². The topological polar surface area (TPSA) is 20.2 Å². The van der Waals surface area contributed by atoms with Gasteiger partial charge in [-0.15, -0.1) is 0 Å². The van der Waals surface area contributed by atoms with Crippen LogP contribution in [0.4, 0.5) is 0 Å². The fraction of sp³-hybridized carbons (Fsp3) is 0.636. The Morgan fingerprint density at radius 2 is 1.57 bits per heavy atom. The molecule has 3 heteroatoms. The Hall–Kier alpha value is 0.613. The molecule has 0 bridgehead atoms. The van der Waals surface area contributed by atoms with E-state index in [9.17, 15) is 5.11 Å². The van der Waals surface area contributed by atoms with E-state index < -0.39 is 5.60 Å². The first-order valence-corrected chi connectivity index (χ1v) is 8.24. The van der Waals surface area contributed by atoms with Crippen LogP contribution >= 0.6 is 8.51 Å². The van der Waals surface area contributed by atoms with E-state index in [-0.39, 0.29) is 5.92 Å². The van der Waals surface area contributed by atoms with Crippen molar-refractivity contribution in [3.63, 3.8) is 0 Å². The van der Waals surface area contributed by atoms with Crippen LogP contribution in [0.5, 0.6) is 0 Å². The average Bonchev–Trinajstić information content (AvgIpc) is 2.75. The first-order valence-electron chi connectivity index (χ1n) is 5.08. The second-order valence-corrected chi connectivity index (χ2v) is 3.96. The van der Waals surface area contributed by atoms with Crippen LogP contribution < -0.4 is 0 Å². The van der Waals surface area contributed by atoms with Crippen molar-refractivity contribution in [3.05, 3.63) is 24.3 Å². The summed E-state index contributed by atoms with van der Waals surface area (Å²) in [6.07, 6.45) is 13.9. The standard InChI is InChI=1S/C11H16O.ClH.Zr/c12-11(8-4-1-5-9-11)10-6-2-3-7-10;;/h2-3,6-7,10,12H,1,4-5,8-9H2;1H;/q;;+1/p-1. The molecule has 0 aromatic carbocycles. The summed E-state index contributed by atoms with van der Waals surface area (Å²) in [6, 6.07) is 0. The molecular weight excluding hydrogens is 275 g/mol. The zero-order valence-corrected chi connectivity index (χ0v) is 11.5. The van der Waals surface area contributed by atoms with E-state index in [0.717, 1.165) is 36.4 Å². The zero-order valence-electron chi connectivity index (χ0n) is 8.25. The minimum absolute atomic E-state index is 0.290. The molecule has 14 heavy (non-hydrogen) atoms. The molecule has 2 aliphatic carbocycles. The van der Waals surface area contributed by atoms with Crippen LogP contribution in [-0.2, 0) is 23.5 Å². The quantitative estimate of drug-likeness (QED) is 0.787. The van der Waals surface area contributed by atoms with Crippen molar-refractivity contribution >= 4 is 8.51 Å². The summed E-state index contributed by atoms with van der Waals surface area (Å²) in [5, 5.41) is 10.3. The molecule has 2 aliphatic rings. The summed E-state index contributed by atoms with van der Waals surface area (Å²) in [6.45, 7) is 0. The van der Waals surface area contributed by atoms with E-state index in [1.165, 1.54) is 19.3 Å². The summed E-state index contributed by atoms with van der Waals surface area (Å²) >= 11 is 1.02. The van der Waals surface area contributed by atoms with Crippen molar-refractivity contribution in [1.29, 1.82) is 0 Å². The molecular formula is C11H16ClOZr. The number of rotatable bonds is 1. The Balaban J connectivity index is 0.000000461. The van der Waals surface area contributed by atoms with Crippen LogP contribution in [0.15, 0.2) is 24.3 Å². The van der Waals surface area contributed by atoms with Gasteiger partial charge in [0.2, 0.25) is 0 Å². The van der Waals surface area contributed by atoms with Gasteiger partial charge in [0.15, 0.2) is 0 Å². The normalized spacial score (nSPS) is 24.4. The van der Waals surface area contributed by atoms with Crippen molar-refractivity contribution in [2.24, 2.45) is 5.92 Å². The van der Waals surface area contributed by atoms with E-state index in [4.69, 9.17) is 8.51 Å². The van der Waals surface area contributed by atoms with Crippen molar-refractivity contribution < 1.29 is 28.6 Å². The van der Waals surface area contributed by atoms with Crippen molar-refractivity contribution in [2.45, 2.75) is 37.7 Å². The number of hydrogen-bond acceptors (Lipinski definition) is 1. The predicted molar refractivity (Wildman–Crippen MR) is 55.7 cm³/mol. The molecule has 1 nitrogen and oxygen atoms in total. The van der Waals surface area contributed by atoms with Crippen LogP contribution in [0.1, 0.15) is 32.1 Å². The Morgan fingerprint density at radius 1 is 1.07 bits per heavy atom. The third kappa shape index (κ3) is 3.05. The van der Waals surface area contributed by atoms with Gasteiger partial charge in [0, 0.05) is 5.92 Å². The third-order valence-corrected chi connectivity index (χ3v) is 3.09. The second-order valence-electron chi connectivity index (χ2n) is 3.96. The molecule has 1 N–H and O–H groups in total. The van der Waals surface area contributed by atoms with Gasteiger partial charge in [-0.1, -0.05) is 43.6 Å². The maximum atomic E-state index is 10.3. The van der Waals surface area contributed by atoms with E-state index in [1.54, 1.807) is 0 Å². The third-order valence-electron chi connectivity index (χ3n) is 3.09. The van der Waals surface area contributed by atoms with E-state index in [1.807, 2.05) is 12.2 Å². The molecule has 77 valence electrons. The monoisotopic (exact) mass is 289 g/mol. The first-order chi connectivity index (χ1) is 6.81. The molecule has 0 amide bonds. The number of aliphatic hydroxyl groups is 1. The molecule has 0 atom stereocenters. The second kappa shape index (κ2) is 6.25. The molecule has 2 rings (SSSR count). The molecule has 0 heterocycles. The summed E-state index contributed by atoms with van der Waals surface area (Å²) in [5.74, 6) is 0.290. The molecule has 0 unspecified atom stereocenters. The van der Waals surface area contributed by atoms with Gasteiger partial charge in [-0.3, -0.25) is 0 Å². The van der Waals surface area contributed by atoms with Crippen LogP contribution in [-0.4, -0.2) is 10.7 Å². The van der Waals surface area contributed by atoms with Crippen molar-refractivity contribution in [2.75, 3.05) is 0 Å². The van der Waals surface area contributed by atoms with E-state index >= 15 is 0 Å². The average molecular weight is 291 g/mol. The summed E-state index contributed by atoms with van der Waals surface area (Å²) in [5.41, 5.74) is -0.415. The van der Waals surface area contributed by atoms with Gasteiger partial charge in [0.05, 0.1) is 5.60 Å². The predicted octanol–water partition coefficient (Wildman–Crippen LogP) is 3.11. The Bertz CT molecular complexity index is 207. The van der Waals surface area contributed by atoms with Gasteiger partial charge in [0.1, 0.15) is 0 Å². The summed E-state index contributed by atoms with van der Waals surface area (Å²) in [7, 11) is 4.73. The SMILES string of the molecule is OC1(C2C=CC=C2)CCCCC1.[Cl][Zr]. The molecule has 1 fully saturated rings. The zero-order chi connectivity index (χ0) is 10.4. The van der Waals surface area contributed by atoms with Gasteiger partial charge in [-0.05, 0) is 12.8 Å². The molecule has 0 radical (unpaired) electrons. The fourth-order valence-electron chi connectivity index (χ4n) is 2.29. The van der Waals surface area contributed by atoms with Crippen LogP contribution in [0.2, 0.25) is 0 Å². The van der Waals surface area contributed by atoms with Gasteiger partial charge in [-0.25, -0.2) is 0 Å². The minimum atomic E-state index is -0.415. The van der Waals surface area contributed by atoms with Gasteiger partial charge < -0.3 is 5.11 Å². The van der Waals surface area contributed by atoms with Crippen LogP contribution in [0.25, 0.3) is 0 Å². The molecule has 0 spiro atoms. The van der Waals surface area contributed by atoms with Gasteiger partial charge in [0.25, 0.3) is 0 Å². The molecule has 0 aromatic heterocycles. The van der Waals surface area contributed by atoms with Crippen molar-refractivity contribution in [1.82, 2.24) is 0 Å². The Morgan fingerprint density at radius 3 is 2.07 bits per heavy atom. The molecule has 0 aromatic rings. The molecule has 0 aliphatic heterocycles. The maximum absolute atomic E-state index is 10.3. The van der Waals surface area contributed by atoms with Crippen LogP contribution in [0.3, 0.4) is 0 Å². The summed E-state index contributed by atoms with van der Waals surface area (Å²) in [4.78, 5) is 0.